The van der Waals surface area contributed by atoms with Gasteiger partial charge in [0.05, 0.1) is 18.3 Å². The molecule has 144 valence electrons. The van der Waals surface area contributed by atoms with E-state index in [1.54, 1.807) is 35.6 Å². The van der Waals surface area contributed by atoms with E-state index >= 15 is 0 Å². The number of hydrogen-bond acceptors (Lipinski definition) is 4. The molecule has 0 saturated carbocycles. The van der Waals surface area contributed by atoms with E-state index < -0.39 is 0 Å². The second kappa shape index (κ2) is 9.44. The minimum absolute atomic E-state index is 0.0558. The SMILES string of the molecule is CCc1ccc([C@H](NCC(=O)Nc2ccccc2C(C)=O)c2cccs2)cc1. The Labute approximate surface area is 169 Å². The Bertz CT molecular complexity index is 934. The van der Waals surface area contributed by atoms with E-state index in [-0.39, 0.29) is 24.3 Å². The van der Waals surface area contributed by atoms with Crippen LogP contribution in [0, 0.1) is 0 Å². The van der Waals surface area contributed by atoms with Crippen LogP contribution in [0.15, 0.2) is 66.0 Å². The van der Waals surface area contributed by atoms with E-state index in [4.69, 9.17) is 0 Å². The summed E-state index contributed by atoms with van der Waals surface area (Å²) in [5.41, 5.74) is 3.46. The molecule has 1 atom stereocenters. The van der Waals surface area contributed by atoms with Crippen molar-refractivity contribution in [3.63, 3.8) is 0 Å². The molecule has 3 rings (SSSR count). The third kappa shape index (κ3) is 4.94. The van der Waals surface area contributed by atoms with Crippen molar-refractivity contribution in [1.29, 1.82) is 0 Å². The van der Waals surface area contributed by atoms with Gasteiger partial charge in [-0.2, -0.15) is 0 Å². The second-order valence-corrected chi connectivity index (χ2v) is 7.55. The lowest BCUT2D eigenvalue weighted by Crippen LogP contribution is -2.31. The molecule has 2 aromatic carbocycles. The normalized spacial score (nSPS) is 11.8. The van der Waals surface area contributed by atoms with E-state index in [1.807, 2.05) is 11.4 Å². The summed E-state index contributed by atoms with van der Waals surface area (Å²) in [7, 11) is 0. The van der Waals surface area contributed by atoms with Crippen molar-refractivity contribution < 1.29 is 9.59 Å². The maximum Gasteiger partial charge on any atom is 0.238 e. The molecule has 3 aromatic rings. The molecule has 0 radical (unpaired) electrons. The van der Waals surface area contributed by atoms with Crippen LogP contribution in [0.1, 0.15) is 46.3 Å². The number of ketones is 1. The first-order valence-electron chi connectivity index (χ1n) is 9.34. The molecule has 0 spiro atoms. The number of carbonyl (C=O) groups excluding carboxylic acids is 2. The second-order valence-electron chi connectivity index (χ2n) is 6.57. The van der Waals surface area contributed by atoms with Crippen LogP contribution in [0.25, 0.3) is 0 Å². The molecular formula is C23H24N2O2S. The molecule has 0 aliphatic rings. The zero-order chi connectivity index (χ0) is 19.9. The van der Waals surface area contributed by atoms with Crippen molar-refractivity contribution in [3.05, 3.63) is 87.6 Å². The fourth-order valence-electron chi connectivity index (χ4n) is 3.07. The third-order valence-electron chi connectivity index (χ3n) is 4.60. The molecule has 4 nitrogen and oxygen atoms in total. The molecule has 0 saturated heterocycles. The average molecular weight is 393 g/mol. The van der Waals surface area contributed by atoms with Crippen LogP contribution in [-0.4, -0.2) is 18.2 Å². The lowest BCUT2D eigenvalue weighted by Gasteiger charge is -2.18. The number of carbonyl (C=O) groups is 2. The number of aryl methyl sites for hydroxylation is 1. The number of hydrogen-bond donors (Lipinski definition) is 2. The summed E-state index contributed by atoms with van der Waals surface area (Å²) in [6.07, 6.45) is 0.995. The van der Waals surface area contributed by atoms with E-state index in [1.165, 1.54) is 12.5 Å². The number of rotatable bonds is 8. The molecule has 0 aliphatic carbocycles. The number of para-hydroxylation sites is 1. The van der Waals surface area contributed by atoms with Gasteiger partial charge in [0, 0.05) is 10.4 Å². The highest BCUT2D eigenvalue weighted by molar-refractivity contribution is 7.10. The first-order chi connectivity index (χ1) is 13.6. The van der Waals surface area contributed by atoms with Crippen molar-refractivity contribution in [2.45, 2.75) is 26.3 Å². The molecule has 1 aromatic heterocycles. The lowest BCUT2D eigenvalue weighted by molar-refractivity contribution is -0.115. The fourth-order valence-corrected chi connectivity index (χ4v) is 3.90. The Morgan fingerprint density at radius 2 is 1.75 bits per heavy atom. The predicted octanol–water partition coefficient (Wildman–Crippen LogP) is 4.83. The highest BCUT2D eigenvalue weighted by Gasteiger charge is 2.17. The predicted molar refractivity (Wildman–Crippen MR) is 115 cm³/mol. The quantitative estimate of drug-likeness (QED) is 0.540. The van der Waals surface area contributed by atoms with Crippen LogP contribution in [-0.2, 0) is 11.2 Å². The number of Topliss-reactive ketones (excluding diaryl/α,β-unsaturated/α-hetero) is 1. The maximum absolute atomic E-state index is 12.5. The van der Waals surface area contributed by atoms with Gasteiger partial charge in [0.25, 0.3) is 0 Å². The minimum Gasteiger partial charge on any atom is -0.324 e. The summed E-state index contributed by atoms with van der Waals surface area (Å²) in [5, 5.41) is 8.24. The highest BCUT2D eigenvalue weighted by atomic mass is 32.1. The van der Waals surface area contributed by atoms with Gasteiger partial charge in [0.2, 0.25) is 5.91 Å². The smallest absolute Gasteiger partial charge is 0.238 e. The van der Waals surface area contributed by atoms with Crippen LogP contribution in [0.4, 0.5) is 5.69 Å². The summed E-state index contributed by atoms with van der Waals surface area (Å²) < 4.78 is 0. The van der Waals surface area contributed by atoms with Crippen LogP contribution in [0.5, 0.6) is 0 Å². The topological polar surface area (TPSA) is 58.2 Å². The van der Waals surface area contributed by atoms with Gasteiger partial charge in [-0.05, 0) is 48.1 Å². The van der Waals surface area contributed by atoms with Crippen molar-refractivity contribution in [1.82, 2.24) is 5.32 Å². The largest absolute Gasteiger partial charge is 0.324 e. The zero-order valence-electron chi connectivity index (χ0n) is 16.1. The monoisotopic (exact) mass is 392 g/mol. The van der Waals surface area contributed by atoms with Gasteiger partial charge >= 0.3 is 0 Å². The summed E-state index contributed by atoms with van der Waals surface area (Å²) in [4.78, 5) is 25.4. The standard InChI is InChI=1S/C23H24N2O2S/c1-3-17-10-12-18(13-11-17)23(21-9-6-14-28-21)24-15-22(27)25-20-8-5-4-7-19(20)16(2)26/h4-14,23-24H,3,15H2,1-2H3,(H,25,27)/t23-/m0/s1. The van der Waals surface area contributed by atoms with Gasteiger partial charge in [-0.25, -0.2) is 0 Å². The van der Waals surface area contributed by atoms with Crippen LogP contribution >= 0.6 is 11.3 Å². The van der Waals surface area contributed by atoms with E-state index in [0.29, 0.717) is 11.3 Å². The first-order valence-corrected chi connectivity index (χ1v) is 10.2. The van der Waals surface area contributed by atoms with Gasteiger partial charge in [-0.1, -0.05) is 49.4 Å². The van der Waals surface area contributed by atoms with Gasteiger partial charge in [0.15, 0.2) is 5.78 Å². The molecule has 1 amide bonds. The zero-order valence-corrected chi connectivity index (χ0v) is 16.9. The van der Waals surface area contributed by atoms with Gasteiger partial charge < -0.3 is 5.32 Å². The molecule has 28 heavy (non-hydrogen) atoms. The Balaban J connectivity index is 1.72. The Hall–Kier alpha value is -2.76. The average Bonchev–Trinajstić information content (AvgIpc) is 3.23. The molecule has 0 bridgehead atoms. The Morgan fingerprint density at radius 1 is 1.00 bits per heavy atom. The summed E-state index contributed by atoms with van der Waals surface area (Å²) in [6.45, 7) is 3.77. The third-order valence-corrected chi connectivity index (χ3v) is 5.53. The summed E-state index contributed by atoms with van der Waals surface area (Å²) >= 11 is 1.66. The van der Waals surface area contributed by atoms with E-state index in [2.05, 4.69) is 47.9 Å². The number of amides is 1. The number of thiophene rings is 1. The van der Waals surface area contributed by atoms with Crippen LogP contribution in [0.3, 0.4) is 0 Å². The number of nitrogens with one attached hydrogen (secondary N) is 2. The number of anilines is 1. The molecule has 0 aliphatic heterocycles. The van der Waals surface area contributed by atoms with Gasteiger partial charge in [0.1, 0.15) is 0 Å². The molecule has 2 N–H and O–H groups in total. The molecule has 1 heterocycles. The lowest BCUT2D eigenvalue weighted by atomic mass is 10.0. The summed E-state index contributed by atoms with van der Waals surface area (Å²) in [6, 6.07) is 19.6. The first kappa shape index (κ1) is 20.0. The van der Waals surface area contributed by atoms with Crippen LogP contribution < -0.4 is 10.6 Å². The molecule has 0 fully saturated rings. The molecular weight excluding hydrogens is 368 g/mol. The minimum atomic E-state index is -0.180. The van der Waals surface area contributed by atoms with Gasteiger partial charge in [-0.3, -0.25) is 14.9 Å². The van der Waals surface area contributed by atoms with Crippen molar-refractivity contribution in [2.24, 2.45) is 0 Å². The fraction of sp³-hybridized carbons (Fsp3) is 0.217. The van der Waals surface area contributed by atoms with E-state index in [0.717, 1.165) is 16.9 Å². The Kier molecular flexibility index (Phi) is 6.74. The van der Waals surface area contributed by atoms with Crippen LogP contribution in [0.2, 0.25) is 0 Å². The number of benzene rings is 2. The summed E-state index contributed by atoms with van der Waals surface area (Å²) in [5.74, 6) is -0.253. The van der Waals surface area contributed by atoms with Crippen molar-refractivity contribution in [3.8, 4) is 0 Å². The molecule has 0 unspecified atom stereocenters. The van der Waals surface area contributed by atoms with Gasteiger partial charge in [-0.15, -0.1) is 11.3 Å². The molecule has 5 heteroatoms. The van der Waals surface area contributed by atoms with Crippen molar-refractivity contribution in [2.75, 3.05) is 11.9 Å². The maximum atomic E-state index is 12.5. The van der Waals surface area contributed by atoms with Crippen molar-refractivity contribution >= 4 is 28.7 Å². The Morgan fingerprint density at radius 3 is 2.39 bits per heavy atom. The van der Waals surface area contributed by atoms with E-state index in [9.17, 15) is 9.59 Å². The highest BCUT2D eigenvalue weighted by Crippen LogP contribution is 2.26.